The molecular formula is C25H30N3O15P3. The Bertz CT molecular complexity index is 1730. The molecule has 0 saturated carbocycles. The van der Waals surface area contributed by atoms with Crippen LogP contribution in [0.4, 0.5) is 5.69 Å². The summed E-state index contributed by atoms with van der Waals surface area (Å²) < 4.78 is 52.6. The summed E-state index contributed by atoms with van der Waals surface area (Å²) in [6, 6.07) is 19.1. The molecule has 1 amide bonds. The normalized spacial score (nSPS) is 21.0. The SMILES string of the molecule is O=CN(CCC(c1ccccc1)c1ccccc1)c1cn([C@H]2C[C@H](O)[C@@H](COP(=O)(O)OP(=O)(O)OP(=O)(O)O)O2)c(=O)[nH]c1=O. The Balaban J connectivity index is 1.48. The van der Waals surface area contributed by atoms with Crippen LogP contribution in [0.2, 0.25) is 0 Å². The van der Waals surface area contributed by atoms with E-state index in [4.69, 9.17) is 14.5 Å². The molecule has 2 unspecified atom stereocenters. The lowest BCUT2D eigenvalue weighted by Gasteiger charge is -2.23. The van der Waals surface area contributed by atoms with Gasteiger partial charge in [0.1, 0.15) is 18.0 Å². The summed E-state index contributed by atoms with van der Waals surface area (Å²) >= 11 is 0. The first-order valence-electron chi connectivity index (χ1n) is 13.4. The third kappa shape index (κ3) is 9.72. The Morgan fingerprint density at radius 2 is 1.54 bits per heavy atom. The highest BCUT2D eigenvalue weighted by molar-refractivity contribution is 7.66. The van der Waals surface area contributed by atoms with Gasteiger partial charge in [0.25, 0.3) is 5.56 Å². The van der Waals surface area contributed by atoms with Crippen molar-refractivity contribution in [2.24, 2.45) is 0 Å². The van der Waals surface area contributed by atoms with Gasteiger partial charge in [-0.05, 0) is 17.5 Å². The second-order valence-electron chi connectivity index (χ2n) is 9.96. The number of benzene rings is 2. The Morgan fingerprint density at radius 1 is 0.957 bits per heavy atom. The summed E-state index contributed by atoms with van der Waals surface area (Å²) in [5, 5.41) is 10.4. The number of aromatic nitrogens is 2. The van der Waals surface area contributed by atoms with Gasteiger partial charge in [0.2, 0.25) is 6.41 Å². The van der Waals surface area contributed by atoms with Gasteiger partial charge in [-0.3, -0.25) is 23.7 Å². The van der Waals surface area contributed by atoms with E-state index in [1.165, 1.54) is 0 Å². The molecule has 0 bridgehead atoms. The Hall–Kier alpha value is -3.08. The van der Waals surface area contributed by atoms with Crippen LogP contribution in [0.1, 0.15) is 36.1 Å². The van der Waals surface area contributed by atoms with Gasteiger partial charge in [-0.15, -0.1) is 0 Å². The highest BCUT2D eigenvalue weighted by Gasteiger charge is 2.43. The van der Waals surface area contributed by atoms with Crippen molar-refractivity contribution < 1.29 is 61.1 Å². The van der Waals surface area contributed by atoms with E-state index in [2.05, 4.69) is 18.1 Å². The molecule has 21 heteroatoms. The number of aliphatic hydroxyl groups is 1. The quantitative estimate of drug-likeness (QED) is 0.0971. The van der Waals surface area contributed by atoms with Crippen molar-refractivity contribution in [3.63, 3.8) is 0 Å². The second kappa shape index (κ2) is 14.8. The molecule has 0 radical (unpaired) electrons. The maximum atomic E-state index is 12.8. The second-order valence-corrected chi connectivity index (χ2v) is 14.4. The molecule has 250 valence electrons. The smallest absolute Gasteiger partial charge is 0.390 e. The van der Waals surface area contributed by atoms with Crippen LogP contribution in [0.3, 0.4) is 0 Å². The highest BCUT2D eigenvalue weighted by atomic mass is 31.3. The first-order chi connectivity index (χ1) is 21.6. The molecule has 18 nitrogen and oxygen atoms in total. The number of nitrogens with one attached hydrogen (secondary N) is 1. The number of carbonyl (C=O) groups is 1. The number of phosphoric ester groups is 1. The van der Waals surface area contributed by atoms with Gasteiger partial charge >= 0.3 is 29.2 Å². The molecule has 1 fully saturated rings. The highest BCUT2D eigenvalue weighted by Crippen LogP contribution is 2.66. The van der Waals surface area contributed by atoms with Crippen LogP contribution < -0.4 is 16.1 Å². The number of hydrogen-bond donors (Lipinski definition) is 6. The van der Waals surface area contributed by atoms with E-state index >= 15 is 0 Å². The number of hydrogen-bond acceptors (Lipinski definition) is 11. The average molecular weight is 705 g/mol. The monoisotopic (exact) mass is 705 g/mol. The minimum Gasteiger partial charge on any atom is -0.390 e. The molecule has 1 aliphatic heterocycles. The van der Waals surface area contributed by atoms with Crippen molar-refractivity contribution in [3.8, 4) is 0 Å². The lowest BCUT2D eigenvalue weighted by atomic mass is 9.88. The molecule has 5 atom stereocenters. The molecule has 6 N–H and O–H groups in total. The summed E-state index contributed by atoms with van der Waals surface area (Å²) in [4.78, 5) is 77.1. The van der Waals surface area contributed by atoms with Crippen LogP contribution in [-0.2, 0) is 36.4 Å². The summed E-state index contributed by atoms with van der Waals surface area (Å²) in [6.07, 6.45) is -2.56. The van der Waals surface area contributed by atoms with Crippen molar-refractivity contribution in [2.45, 2.75) is 37.2 Å². The van der Waals surface area contributed by atoms with Crippen molar-refractivity contribution in [1.29, 1.82) is 0 Å². The van der Waals surface area contributed by atoms with Gasteiger partial charge < -0.3 is 34.3 Å². The van der Waals surface area contributed by atoms with Crippen LogP contribution in [0.5, 0.6) is 0 Å². The molecule has 2 aromatic carbocycles. The van der Waals surface area contributed by atoms with E-state index in [1.807, 2.05) is 60.7 Å². The number of phosphoric acid groups is 3. The number of ether oxygens (including phenoxy) is 1. The Labute approximate surface area is 260 Å². The van der Waals surface area contributed by atoms with Crippen molar-refractivity contribution in [3.05, 3.63) is 98.8 Å². The van der Waals surface area contributed by atoms with Crippen molar-refractivity contribution >= 4 is 35.6 Å². The van der Waals surface area contributed by atoms with Crippen LogP contribution >= 0.6 is 23.5 Å². The first-order valence-corrected chi connectivity index (χ1v) is 17.9. The van der Waals surface area contributed by atoms with Gasteiger partial charge in [0.05, 0.1) is 12.7 Å². The molecule has 1 aliphatic rings. The predicted octanol–water partition coefficient (Wildman–Crippen LogP) is 1.71. The number of rotatable bonds is 15. The minimum atomic E-state index is -5.77. The van der Waals surface area contributed by atoms with E-state index in [9.17, 15) is 43.0 Å². The van der Waals surface area contributed by atoms with E-state index in [-0.39, 0.29) is 24.6 Å². The molecule has 0 spiro atoms. The van der Waals surface area contributed by atoms with Crippen LogP contribution in [0, 0.1) is 0 Å². The van der Waals surface area contributed by atoms with Gasteiger partial charge in [-0.25, -0.2) is 18.5 Å². The van der Waals surface area contributed by atoms with E-state index < -0.39 is 59.8 Å². The fraction of sp³-hybridized carbons (Fsp3) is 0.320. The van der Waals surface area contributed by atoms with Crippen LogP contribution in [0.15, 0.2) is 76.4 Å². The Morgan fingerprint density at radius 3 is 2.09 bits per heavy atom. The first kappa shape index (κ1) is 35.8. The standard InChI is InChI=1S/C25H30N3O15P3/c29-16-27(12-11-19(17-7-3-1-4-8-17)18-9-5-2-6-10-18)20-14-28(25(32)26-24(20)31)23-13-21(30)22(41-23)15-40-45(36,37)43-46(38,39)42-44(33,34)35/h1-10,14,16,19,21-23,30H,11-13,15H2,(H,36,37)(H,38,39)(H,26,31,32)(H2,33,34,35)/t21-,22+,23+/m0/s1. The molecular weight excluding hydrogens is 675 g/mol. The molecule has 4 rings (SSSR count). The van der Waals surface area contributed by atoms with E-state index in [0.29, 0.717) is 12.8 Å². The number of amides is 1. The van der Waals surface area contributed by atoms with Crippen molar-refractivity contribution in [2.75, 3.05) is 18.1 Å². The van der Waals surface area contributed by atoms with Gasteiger partial charge in [0.15, 0.2) is 0 Å². The predicted molar refractivity (Wildman–Crippen MR) is 158 cm³/mol. The third-order valence-corrected chi connectivity index (χ3v) is 10.6. The van der Waals surface area contributed by atoms with Crippen LogP contribution in [0.25, 0.3) is 0 Å². The van der Waals surface area contributed by atoms with Crippen molar-refractivity contribution in [1.82, 2.24) is 9.55 Å². The molecule has 0 aliphatic carbocycles. The summed E-state index contributed by atoms with van der Waals surface area (Å²) in [5.41, 5.74) is -0.0731. The summed E-state index contributed by atoms with van der Waals surface area (Å²) in [7, 11) is -16.9. The summed E-state index contributed by atoms with van der Waals surface area (Å²) in [5.74, 6) is -0.140. The van der Waals surface area contributed by atoms with Crippen LogP contribution in [-0.4, -0.2) is 66.0 Å². The molecule has 1 saturated heterocycles. The fourth-order valence-electron chi connectivity index (χ4n) is 4.79. The number of aliphatic hydroxyl groups excluding tert-OH is 1. The fourth-order valence-corrected chi connectivity index (χ4v) is 7.82. The van der Waals surface area contributed by atoms with E-state index in [1.54, 1.807) is 0 Å². The molecule has 2 heterocycles. The molecule has 46 heavy (non-hydrogen) atoms. The lowest BCUT2D eigenvalue weighted by Crippen LogP contribution is -2.37. The minimum absolute atomic E-state index is 0.0656. The van der Waals surface area contributed by atoms with Gasteiger partial charge in [0, 0.05) is 25.1 Å². The number of aromatic amines is 1. The average Bonchev–Trinajstić information content (AvgIpc) is 3.34. The topological polar surface area (TPSA) is 264 Å². The van der Waals surface area contributed by atoms with Gasteiger partial charge in [-0.2, -0.15) is 8.62 Å². The number of nitrogens with zero attached hydrogens (tertiary/aromatic N) is 2. The zero-order valence-electron chi connectivity index (χ0n) is 23.6. The zero-order chi connectivity index (χ0) is 33.7. The molecule has 1 aromatic heterocycles. The maximum absolute atomic E-state index is 12.8. The van der Waals surface area contributed by atoms with Gasteiger partial charge in [-0.1, -0.05) is 60.7 Å². The maximum Gasteiger partial charge on any atom is 0.490 e. The third-order valence-electron chi connectivity index (χ3n) is 6.78. The number of anilines is 1. The Kier molecular flexibility index (Phi) is 11.5. The summed E-state index contributed by atoms with van der Waals surface area (Å²) in [6.45, 7) is -0.900. The molecule has 3 aromatic rings. The van der Waals surface area contributed by atoms with E-state index in [0.717, 1.165) is 26.8 Å². The number of carbonyl (C=O) groups excluding carboxylic acids is 1. The lowest BCUT2D eigenvalue weighted by molar-refractivity contribution is -0.107. The number of H-pyrrole nitrogens is 1. The largest absolute Gasteiger partial charge is 0.490 e. The zero-order valence-corrected chi connectivity index (χ0v) is 26.3.